The van der Waals surface area contributed by atoms with Gasteiger partial charge < -0.3 is 30.5 Å². The molecule has 3 aliphatic rings. The quantitative estimate of drug-likeness (QED) is 0.484. The van der Waals surface area contributed by atoms with Gasteiger partial charge in [-0.3, -0.25) is 9.78 Å². The maximum atomic E-state index is 12.6. The van der Waals surface area contributed by atoms with E-state index in [9.17, 15) is 14.7 Å². The van der Waals surface area contributed by atoms with Crippen molar-refractivity contribution in [3.05, 3.63) is 53.9 Å². The molecule has 3 heterocycles. The molecule has 1 saturated heterocycles. The van der Waals surface area contributed by atoms with Crippen molar-refractivity contribution in [1.29, 1.82) is 0 Å². The zero-order valence-electron chi connectivity index (χ0n) is 19.6. The summed E-state index contributed by atoms with van der Waals surface area (Å²) in [5, 5.41) is 18.8. The van der Waals surface area contributed by atoms with E-state index < -0.39 is 6.10 Å². The number of hydrogen-bond acceptors (Lipinski definition) is 6. The van der Waals surface area contributed by atoms with Crippen LogP contribution in [0.15, 0.2) is 42.7 Å². The molecule has 3 amide bonds. The maximum absolute atomic E-state index is 12.6. The van der Waals surface area contributed by atoms with Crippen LogP contribution in [-0.4, -0.2) is 53.0 Å². The predicted octanol–water partition coefficient (Wildman–Crippen LogP) is 2.85. The first-order valence-electron chi connectivity index (χ1n) is 12.4. The second-order valence-corrected chi connectivity index (χ2v) is 9.58. The van der Waals surface area contributed by atoms with Gasteiger partial charge in [-0.1, -0.05) is 18.9 Å². The molecule has 0 spiro atoms. The number of carbonyl (C=O) groups is 2. The molecular formula is C26H32N4O5. The van der Waals surface area contributed by atoms with Crippen LogP contribution in [0.25, 0.3) is 0 Å². The number of hydrogen-bond donors (Lipinski definition) is 4. The summed E-state index contributed by atoms with van der Waals surface area (Å²) in [7, 11) is 0. The van der Waals surface area contributed by atoms with Crippen LogP contribution >= 0.6 is 0 Å². The average molecular weight is 481 g/mol. The Morgan fingerprint density at radius 3 is 2.80 bits per heavy atom. The van der Waals surface area contributed by atoms with Crippen LogP contribution < -0.4 is 20.7 Å². The number of anilines is 1. The smallest absolute Gasteiger partial charge is 0.319 e. The highest BCUT2D eigenvalue weighted by Crippen LogP contribution is 2.47. The third-order valence-electron chi connectivity index (χ3n) is 7.07. The molecule has 35 heavy (non-hydrogen) atoms. The number of aliphatic hydroxyl groups excluding tert-OH is 1. The van der Waals surface area contributed by atoms with Crippen molar-refractivity contribution in [1.82, 2.24) is 15.6 Å². The summed E-state index contributed by atoms with van der Waals surface area (Å²) in [6.07, 6.45) is 7.34. The Balaban J connectivity index is 1.22. The lowest BCUT2D eigenvalue weighted by atomic mass is 9.84. The summed E-state index contributed by atoms with van der Waals surface area (Å²) in [4.78, 5) is 29.1. The standard InChI is InChI=1S/C26H32N4O5/c31-15-23-25-21(11-19(34-23)12-24(32)28-14-16-4-3-9-27-13-16)20-10-18(7-8-22(20)35-25)30-26(33)29-17-5-1-2-6-17/h3-4,7-10,13,17,19,21,23,25,31H,1-2,5-6,11-12,14-15H2,(H,28,32)(H2,29,30,33)/t19-,21+,23-,25-/m1/s1. The highest BCUT2D eigenvalue weighted by Gasteiger charge is 2.46. The van der Waals surface area contributed by atoms with Crippen LogP contribution in [0.3, 0.4) is 0 Å². The Labute approximate surface area is 204 Å². The molecule has 4 N–H and O–H groups in total. The van der Waals surface area contributed by atoms with Crippen molar-refractivity contribution >= 4 is 17.6 Å². The fraction of sp³-hybridized carbons (Fsp3) is 0.500. The number of ether oxygens (including phenoxy) is 2. The van der Waals surface area contributed by atoms with E-state index in [-0.39, 0.29) is 49.1 Å². The van der Waals surface area contributed by atoms with Crippen LogP contribution in [0.4, 0.5) is 10.5 Å². The Morgan fingerprint density at radius 2 is 2.03 bits per heavy atom. The number of urea groups is 1. The number of fused-ring (bicyclic) bond motifs is 3. The van der Waals surface area contributed by atoms with E-state index in [0.29, 0.717) is 18.7 Å². The fourth-order valence-electron chi connectivity index (χ4n) is 5.37. The molecule has 0 bridgehead atoms. The number of aliphatic hydroxyl groups is 1. The predicted molar refractivity (Wildman–Crippen MR) is 129 cm³/mol. The molecule has 2 fully saturated rings. The first-order valence-corrected chi connectivity index (χ1v) is 12.4. The molecule has 0 unspecified atom stereocenters. The minimum atomic E-state index is -0.528. The SMILES string of the molecule is O=C(C[C@H]1C[C@H]2c3cc(NC(=O)NC4CCCC4)ccc3O[C@H]2[C@@H](CO)O1)NCc1cccnc1. The normalized spacial score (nSPS) is 25.3. The van der Waals surface area contributed by atoms with Crippen molar-refractivity contribution in [3.63, 3.8) is 0 Å². The van der Waals surface area contributed by atoms with Gasteiger partial charge in [0.1, 0.15) is 18.0 Å². The number of nitrogens with zero attached hydrogens (tertiary/aromatic N) is 1. The Bertz CT molecular complexity index is 1040. The number of amides is 3. The molecule has 2 aromatic rings. The number of carbonyl (C=O) groups excluding carboxylic acids is 2. The van der Waals surface area contributed by atoms with Crippen molar-refractivity contribution in [2.75, 3.05) is 11.9 Å². The lowest BCUT2D eigenvalue weighted by molar-refractivity contribution is -0.142. The first-order chi connectivity index (χ1) is 17.1. The summed E-state index contributed by atoms with van der Waals surface area (Å²) >= 11 is 0. The molecule has 5 rings (SSSR count). The minimum Gasteiger partial charge on any atom is -0.487 e. The highest BCUT2D eigenvalue weighted by atomic mass is 16.6. The highest BCUT2D eigenvalue weighted by molar-refractivity contribution is 5.89. The van der Waals surface area contributed by atoms with E-state index in [4.69, 9.17) is 9.47 Å². The van der Waals surface area contributed by atoms with Gasteiger partial charge in [0.2, 0.25) is 5.91 Å². The zero-order valence-corrected chi connectivity index (χ0v) is 19.6. The second kappa shape index (κ2) is 10.6. The molecule has 1 aromatic heterocycles. The molecule has 2 aliphatic heterocycles. The van der Waals surface area contributed by atoms with Crippen molar-refractivity contribution in [3.8, 4) is 5.75 Å². The lowest BCUT2D eigenvalue weighted by Gasteiger charge is -2.37. The van der Waals surface area contributed by atoms with Gasteiger partial charge in [-0.15, -0.1) is 0 Å². The fourth-order valence-corrected chi connectivity index (χ4v) is 5.37. The van der Waals surface area contributed by atoms with Crippen LogP contribution in [0.1, 0.15) is 55.6 Å². The molecule has 0 radical (unpaired) electrons. The van der Waals surface area contributed by atoms with E-state index >= 15 is 0 Å². The number of benzene rings is 1. The molecule has 9 nitrogen and oxygen atoms in total. The Hall–Kier alpha value is -3.17. The number of rotatable bonds is 7. The third kappa shape index (κ3) is 5.57. The molecule has 1 saturated carbocycles. The van der Waals surface area contributed by atoms with Crippen molar-refractivity contribution < 1.29 is 24.2 Å². The van der Waals surface area contributed by atoms with Gasteiger partial charge in [-0.2, -0.15) is 0 Å². The van der Waals surface area contributed by atoms with Crippen LogP contribution in [0.2, 0.25) is 0 Å². The summed E-state index contributed by atoms with van der Waals surface area (Å²) in [6.45, 7) is 0.205. The maximum Gasteiger partial charge on any atom is 0.319 e. The number of nitrogens with one attached hydrogen (secondary N) is 3. The van der Waals surface area contributed by atoms with Crippen molar-refractivity contribution in [2.45, 2.75) is 75.3 Å². The largest absolute Gasteiger partial charge is 0.487 e. The van der Waals surface area contributed by atoms with Gasteiger partial charge in [-0.05, 0) is 49.1 Å². The van der Waals surface area contributed by atoms with E-state index in [0.717, 1.165) is 42.6 Å². The summed E-state index contributed by atoms with van der Waals surface area (Å²) in [5.74, 6) is 0.573. The number of pyridine rings is 1. The first kappa shape index (κ1) is 23.6. The summed E-state index contributed by atoms with van der Waals surface area (Å²) in [6, 6.07) is 9.39. The van der Waals surface area contributed by atoms with E-state index in [1.165, 1.54) is 0 Å². The van der Waals surface area contributed by atoms with Gasteiger partial charge in [0.15, 0.2) is 0 Å². The Kier molecular flexibility index (Phi) is 7.15. The zero-order chi connectivity index (χ0) is 24.2. The Morgan fingerprint density at radius 1 is 1.17 bits per heavy atom. The van der Waals surface area contributed by atoms with Gasteiger partial charge in [-0.25, -0.2) is 4.79 Å². The van der Waals surface area contributed by atoms with Crippen LogP contribution in [-0.2, 0) is 16.1 Å². The van der Waals surface area contributed by atoms with Crippen molar-refractivity contribution in [2.24, 2.45) is 0 Å². The topological polar surface area (TPSA) is 122 Å². The monoisotopic (exact) mass is 480 g/mol. The molecule has 1 aliphatic carbocycles. The van der Waals surface area contributed by atoms with Gasteiger partial charge in [0.05, 0.1) is 19.1 Å². The molecule has 186 valence electrons. The molecule has 9 heteroatoms. The van der Waals surface area contributed by atoms with Gasteiger partial charge in [0.25, 0.3) is 0 Å². The minimum absolute atomic E-state index is 0.0355. The van der Waals surface area contributed by atoms with E-state index in [2.05, 4.69) is 20.9 Å². The van der Waals surface area contributed by atoms with Crippen LogP contribution in [0, 0.1) is 0 Å². The average Bonchev–Trinajstić information content (AvgIpc) is 3.50. The van der Waals surface area contributed by atoms with E-state index in [1.807, 2.05) is 30.3 Å². The lowest BCUT2D eigenvalue weighted by Crippen LogP contribution is -2.47. The summed E-state index contributed by atoms with van der Waals surface area (Å²) in [5.41, 5.74) is 2.59. The second-order valence-electron chi connectivity index (χ2n) is 9.58. The number of aromatic nitrogens is 1. The van der Waals surface area contributed by atoms with Gasteiger partial charge >= 0.3 is 6.03 Å². The molecule has 1 aromatic carbocycles. The molecular weight excluding hydrogens is 448 g/mol. The third-order valence-corrected chi connectivity index (χ3v) is 7.07. The van der Waals surface area contributed by atoms with Gasteiger partial charge in [0, 0.05) is 42.1 Å². The summed E-state index contributed by atoms with van der Waals surface area (Å²) < 4.78 is 12.2. The van der Waals surface area contributed by atoms with Crippen LogP contribution in [0.5, 0.6) is 5.75 Å². The molecule has 4 atom stereocenters. The van der Waals surface area contributed by atoms with E-state index in [1.54, 1.807) is 12.4 Å².